The number of aromatic nitrogens is 2. The normalized spacial score (nSPS) is 31.2. The summed E-state index contributed by atoms with van der Waals surface area (Å²) in [5.41, 5.74) is 7.57. The predicted molar refractivity (Wildman–Crippen MR) is 80.4 cm³/mol. The van der Waals surface area contributed by atoms with Gasteiger partial charge in [0.1, 0.15) is 0 Å². The summed E-state index contributed by atoms with van der Waals surface area (Å²) in [6, 6.07) is 1.68. The van der Waals surface area contributed by atoms with E-state index in [4.69, 9.17) is 5.73 Å². The number of piperazine rings is 1. The molecule has 0 aliphatic carbocycles. The van der Waals surface area contributed by atoms with E-state index in [1.807, 2.05) is 17.9 Å². The highest BCUT2D eigenvalue weighted by atomic mass is 15.3. The van der Waals surface area contributed by atoms with Crippen LogP contribution >= 0.6 is 0 Å². The minimum absolute atomic E-state index is 0.120. The van der Waals surface area contributed by atoms with Crippen LogP contribution in [0.3, 0.4) is 0 Å². The van der Waals surface area contributed by atoms with Gasteiger partial charge in [-0.2, -0.15) is 5.10 Å². The zero-order chi connectivity index (χ0) is 14.3. The van der Waals surface area contributed by atoms with Crippen molar-refractivity contribution in [3.8, 4) is 0 Å². The second-order valence-corrected chi connectivity index (χ2v) is 6.59. The van der Waals surface area contributed by atoms with Gasteiger partial charge in [-0.1, -0.05) is 0 Å². The maximum Gasteiger partial charge on any atom is 0.0538 e. The third-order valence-electron chi connectivity index (χ3n) is 4.91. The molecule has 0 amide bonds. The zero-order valence-corrected chi connectivity index (χ0v) is 12.9. The minimum atomic E-state index is 0.120. The Morgan fingerprint density at radius 3 is 2.85 bits per heavy atom. The highest BCUT2D eigenvalue weighted by Crippen LogP contribution is 2.32. The third-order valence-corrected chi connectivity index (χ3v) is 4.91. The molecule has 2 fully saturated rings. The Morgan fingerprint density at radius 2 is 2.20 bits per heavy atom. The van der Waals surface area contributed by atoms with Crippen molar-refractivity contribution >= 4 is 0 Å². The summed E-state index contributed by atoms with van der Waals surface area (Å²) in [5, 5.41) is 4.33. The van der Waals surface area contributed by atoms with E-state index in [9.17, 15) is 0 Å². The van der Waals surface area contributed by atoms with Crippen LogP contribution in [0.5, 0.6) is 0 Å². The molecule has 5 nitrogen and oxygen atoms in total. The summed E-state index contributed by atoms with van der Waals surface area (Å²) in [6.45, 7) is 8.04. The van der Waals surface area contributed by atoms with Crippen LogP contribution < -0.4 is 5.73 Å². The molecule has 5 heteroatoms. The van der Waals surface area contributed by atoms with E-state index in [1.165, 1.54) is 31.5 Å². The number of nitrogens with zero attached hydrogens (tertiary/aromatic N) is 4. The van der Waals surface area contributed by atoms with E-state index < -0.39 is 0 Å². The smallest absolute Gasteiger partial charge is 0.0538 e. The Hall–Kier alpha value is -0.910. The van der Waals surface area contributed by atoms with Gasteiger partial charge in [0, 0.05) is 50.0 Å². The summed E-state index contributed by atoms with van der Waals surface area (Å²) in [4.78, 5) is 5.26. The number of aryl methyl sites for hydroxylation is 1. The van der Waals surface area contributed by atoms with Gasteiger partial charge >= 0.3 is 0 Å². The minimum Gasteiger partial charge on any atom is -0.326 e. The Kier molecular flexibility index (Phi) is 3.84. The molecule has 112 valence electrons. The molecule has 2 aliphatic heterocycles. The molecule has 2 N–H and O–H groups in total. The zero-order valence-electron chi connectivity index (χ0n) is 12.9. The van der Waals surface area contributed by atoms with Crippen molar-refractivity contribution in [3.63, 3.8) is 0 Å². The lowest BCUT2D eigenvalue weighted by Crippen LogP contribution is -2.57. The van der Waals surface area contributed by atoms with E-state index in [2.05, 4.69) is 34.9 Å². The molecule has 3 rings (SSSR count). The van der Waals surface area contributed by atoms with Crippen LogP contribution in [0, 0.1) is 0 Å². The van der Waals surface area contributed by atoms with Gasteiger partial charge < -0.3 is 5.73 Å². The molecule has 1 aromatic heterocycles. The van der Waals surface area contributed by atoms with Crippen molar-refractivity contribution in [1.82, 2.24) is 19.6 Å². The van der Waals surface area contributed by atoms with Crippen molar-refractivity contribution < 1.29 is 0 Å². The summed E-state index contributed by atoms with van der Waals surface area (Å²) in [6.07, 6.45) is 6.77. The molecule has 20 heavy (non-hydrogen) atoms. The third kappa shape index (κ3) is 2.50. The maximum absolute atomic E-state index is 6.32. The van der Waals surface area contributed by atoms with Crippen LogP contribution in [0.25, 0.3) is 0 Å². The van der Waals surface area contributed by atoms with E-state index in [0.29, 0.717) is 6.04 Å². The van der Waals surface area contributed by atoms with Crippen LogP contribution in [0.15, 0.2) is 12.4 Å². The van der Waals surface area contributed by atoms with Gasteiger partial charge in [0.2, 0.25) is 0 Å². The first-order chi connectivity index (χ1) is 9.56. The predicted octanol–water partition coefficient (Wildman–Crippen LogP) is 0.977. The topological polar surface area (TPSA) is 50.3 Å². The van der Waals surface area contributed by atoms with Gasteiger partial charge in [0.15, 0.2) is 0 Å². The van der Waals surface area contributed by atoms with Crippen LogP contribution in [0.1, 0.15) is 38.3 Å². The molecular formula is C15H27N5. The number of rotatable bonds is 3. The Balaban J connectivity index is 1.83. The van der Waals surface area contributed by atoms with Crippen LogP contribution in [-0.2, 0) is 7.05 Å². The van der Waals surface area contributed by atoms with Crippen molar-refractivity contribution in [1.29, 1.82) is 0 Å². The number of nitrogens with two attached hydrogens (primary N) is 1. The van der Waals surface area contributed by atoms with Gasteiger partial charge in [0.05, 0.1) is 12.2 Å². The second kappa shape index (κ2) is 5.47. The van der Waals surface area contributed by atoms with E-state index in [-0.39, 0.29) is 12.1 Å². The SMILES string of the molecule is CC(N)C(c1cnn(C)c1)N1CC2CCCN2CC1C. The van der Waals surface area contributed by atoms with Gasteiger partial charge in [-0.15, -0.1) is 0 Å². The Morgan fingerprint density at radius 1 is 1.40 bits per heavy atom. The lowest BCUT2D eigenvalue weighted by Gasteiger charge is -2.47. The summed E-state index contributed by atoms with van der Waals surface area (Å²) in [5.74, 6) is 0. The molecule has 4 unspecified atom stereocenters. The van der Waals surface area contributed by atoms with E-state index in [1.54, 1.807) is 0 Å². The molecule has 0 saturated carbocycles. The Bertz CT molecular complexity index is 455. The summed E-state index contributed by atoms with van der Waals surface area (Å²) < 4.78 is 1.88. The molecule has 0 radical (unpaired) electrons. The molecule has 4 atom stereocenters. The fraction of sp³-hybridized carbons (Fsp3) is 0.800. The first-order valence-corrected chi connectivity index (χ1v) is 7.80. The fourth-order valence-corrected chi connectivity index (χ4v) is 3.99. The van der Waals surface area contributed by atoms with Crippen molar-refractivity contribution in [2.24, 2.45) is 12.8 Å². The lowest BCUT2D eigenvalue weighted by atomic mass is 9.97. The van der Waals surface area contributed by atoms with Gasteiger partial charge in [-0.25, -0.2) is 0 Å². The van der Waals surface area contributed by atoms with Gasteiger partial charge in [0.25, 0.3) is 0 Å². The quantitative estimate of drug-likeness (QED) is 0.895. The number of fused-ring (bicyclic) bond motifs is 1. The van der Waals surface area contributed by atoms with Crippen LogP contribution in [0.4, 0.5) is 0 Å². The monoisotopic (exact) mass is 277 g/mol. The number of hydrogen-bond donors (Lipinski definition) is 1. The van der Waals surface area contributed by atoms with Gasteiger partial charge in [-0.05, 0) is 33.2 Å². The highest BCUT2D eigenvalue weighted by molar-refractivity contribution is 5.14. The van der Waals surface area contributed by atoms with E-state index in [0.717, 1.165) is 12.6 Å². The van der Waals surface area contributed by atoms with Gasteiger partial charge in [-0.3, -0.25) is 14.5 Å². The second-order valence-electron chi connectivity index (χ2n) is 6.59. The van der Waals surface area contributed by atoms with Crippen molar-refractivity contribution in [2.75, 3.05) is 19.6 Å². The van der Waals surface area contributed by atoms with E-state index >= 15 is 0 Å². The van der Waals surface area contributed by atoms with Crippen molar-refractivity contribution in [2.45, 2.75) is 50.9 Å². The lowest BCUT2D eigenvalue weighted by molar-refractivity contribution is 0.0206. The molecule has 2 aliphatic rings. The first kappa shape index (κ1) is 14.0. The van der Waals surface area contributed by atoms with Crippen molar-refractivity contribution in [3.05, 3.63) is 18.0 Å². The summed E-state index contributed by atoms with van der Waals surface area (Å²) in [7, 11) is 1.97. The standard InChI is InChI=1S/C15H27N5/c1-11-8-19-6-4-5-14(19)10-20(11)15(12(2)16)13-7-17-18(3)9-13/h7,9,11-12,14-15H,4-6,8,10,16H2,1-3H3. The molecular weight excluding hydrogens is 250 g/mol. The largest absolute Gasteiger partial charge is 0.326 e. The first-order valence-electron chi connectivity index (χ1n) is 7.80. The van der Waals surface area contributed by atoms with Crippen LogP contribution in [0.2, 0.25) is 0 Å². The molecule has 3 heterocycles. The molecule has 2 saturated heterocycles. The molecule has 0 bridgehead atoms. The average Bonchev–Trinajstić information content (AvgIpc) is 2.98. The Labute approximate surface area is 121 Å². The van der Waals surface area contributed by atoms with Crippen LogP contribution in [-0.4, -0.2) is 57.3 Å². The number of hydrogen-bond acceptors (Lipinski definition) is 4. The maximum atomic E-state index is 6.32. The summed E-state index contributed by atoms with van der Waals surface area (Å²) >= 11 is 0. The fourth-order valence-electron chi connectivity index (χ4n) is 3.99. The molecule has 1 aromatic rings. The highest BCUT2D eigenvalue weighted by Gasteiger charge is 2.39. The average molecular weight is 277 g/mol. The molecule has 0 spiro atoms. The molecule has 0 aromatic carbocycles.